The first kappa shape index (κ1) is 15.8. The lowest BCUT2D eigenvalue weighted by Gasteiger charge is -2.23. The molecule has 0 spiro atoms. The lowest BCUT2D eigenvalue weighted by atomic mass is 9.95. The Labute approximate surface area is 134 Å². The van der Waals surface area contributed by atoms with E-state index in [9.17, 15) is 9.90 Å². The van der Waals surface area contributed by atoms with Gasteiger partial charge in [0, 0.05) is 25.4 Å². The van der Waals surface area contributed by atoms with Crippen LogP contribution in [0.2, 0.25) is 0 Å². The van der Waals surface area contributed by atoms with E-state index in [4.69, 9.17) is 9.15 Å². The minimum atomic E-state index is -1.25. The molecule has 0 saturated carbocycles. The van der Waals surface area contributed by atoms with Gasteiger partial charge < -0.3 is 19.6 Å². The number of carbonyl (C=O) groups excluding carboxylic acids is 1. The molecule has 2 N–H and O–H groups in total. The van der Waals surface area contributed by atoms with Crippen molar-refractivity contribution in [1.29, 1.82) is 0 Å². The first-order valence-corrected chi connectivity index (χ1v) is 7.61. The smallest absolute Gasteiger partial charge is 0.226 e. The fourth-order valence-corrected chi connectivity index (χ4v) is 2.84. The van der Waals surface area contributed by atoms with Crippen LogP contribution in [0.1, 0.15) is 30.8 Å². The predicted molar refractivity (Wildman–Crippen MR) is 81.3 cm³/mol. The first-order valence-electron chi connectivity index (χ1n) is 7.61. The number of aromatic nitrogens is 2. The number of carbonyl (C=O) groups is 1. The molecule has 1 aliphatic rings. The lowest BCUT2D eigenvalue weighted by Crippen LogP contribution is -2.41. The number of hydrogen-bond acceptors (Lipinski definition) is 5. The van der Waals surface area contributed by atoms with Crippen LogP contribution in [0.3, 0.4) is 0 Å². The minimum absolute atomic E-state index is 0.0790. The molecule has 1 saturated heterocycles. The van der Waals surface area contributed by atoms with E-state index in [1.807, 2.05) is 13.2 Å². The Bertz CT molecular complexity index is 663. The molecule has 3 atom stereocenters. The summed E-state index contributed by atoms with van der Waals surface area (Å²) in [6.45, 7) is 2.22. The van der Waals surface area contributed by atoms with E-state index in [-0.39, 0.29) is 24.5 Å². The largest absolute Gasteiger partial charge is 0.466 e. The second-order valence-corrected chi connectivity index (χ2v) is 6.10. The Kier molecular flexibility index (Phi) is 4.23. The number of nitrogens with one attached hydrogen (secondary N) is 1. The van der Waals surface area contributed by atoms with Crippen LogP contribution >= 0.6 is 0 Å². The fraction of sp³-hybridized carbons (Fsp3) is 0.500. The molecule has 0 aromatic carbocycles. The second-order valence-electron chi connectivity index (χ2n) is 6.10. The zero-order valence-electron chi connectivity index (χ0n) is 13.2. The fourth-order valence-electron chi connectivity index (χ4n) is 2.84. The zero-order chi connectivity index (χ0) is 16.4. The molecule has 2 aromatic rings. The summed E-state index contributed by atoms with van der Waals surface area (Å²) in [4.78, 5) is 12.5. The van der Waals surface area contributed by atoms with Gasteiger partial charge in [-0.15, -0.1) is 0 Å². The molecule has 1 fully saturated rings. The number of furan rings is 1. The summed E-state index contributed by atoms with van der Waals surface area (Å²) in [5.41, 5.74) is -0.356. The quantitative estimate of drug-likeness (QED) is 0.862. The number of rotatable bonds is 5. The third kappa shape index (κ3) is 3.30. The van der Waals surface area contributed by atoms with Gasteiger partial charge in [0.25, 0.3) is 0 Å². The minimum Gasteiger partial charge on any atom is -0.466 e. The van der Waals surface area contributed by atoms with Crippen molar-refractivity contribution < 1.29 is 19.1 Å². The summed E-state index contributed by atoms with van der Waals surface area (Å²) in [6.07, 6.45) is 5.42. The second kappa shape index (κ2) is 6.17. The SMILES string of the molecule is Cn1cc([C@H]2OCC[C@@H]2C(=O)NCC(C)(O)c2ccco2)cn1. The van der Waals surface area contributed by atoms with E-state index in [2.05, 4.69) is 10.4 Å². The van der Waals surface area contributed by atoms with E-state index in [0.29, 0.717) is 18.8 Å². The van der Waals surface area contributed by atoms with Crippen LogP contribution in [0.15, 0.2) is 35.2 Å². The van der Waals surface area contributed by atoms with Crippen molar-refractivity contribution in [3.05, 3.63) is 42.1 Å². The van der Waals surface area contributed by atoms with Crippen molar-refractivity contribution in [2.24, 2.45) is 13.0 Å². The van der Waals surface area contributed by atoms with Gasteiger partial charge >= 0.3 is 0 Å². The molecule has 0 bridgehead atoms. The van der Waals surface area contributed by atoms with Gasteiger partial charge in [0.15, 0.2) is 0 Å². The van der Waals surface area contributed by atoms with Gasteiger partial charge in [-0.25, -0.2) is 0 Å². The van der Waals surface area contributed by atoms with Crippen molar-refractivity contribution in [2.75, 3.05) is 13.2 Å². The summed E-state index contributed by atoms with van der Waals surface area (Å²) in [6, 6.07) is 3.39. The molecule has 7 nitrogen and oxygen atoms in total. The lowest BCUT2D eigenvalue weighted by molar-refractivity contribution is -0.128. The summed E-state index contributed by atoms with van der Waals surface area (Å²) in [5.74, 6) is -0.000864. The van der Waals surface area contributed by atoms with Crippen molar-refractivity contribution in [3.8, 4) is 0 Å². The van der Waals surface area contributed by atoms with Gasteiger partial charge in [-0.3, -0.25) is 9.48 Å². The molecule has 1 aliphatic heterocycles. The molecule has 124 valence electrons. The van der Waals surface area contributed by atoms with Gasteiger partial charge in [-0.1, -0.05) is 0 Å². The highest BCUT2D eigenvalue weighted by Crippen LogP contribution is 2.34. The van der Waals surface area contributed by atoms with E-state index >= 15 is 0 Å². The van der Waals surface area contributed by atoms with Crippen molar-refractivity contribution >= 4 is 5.91 Å². The van der Waals surface area contributed by atoms with Crippen LogP contribution in [0.4, 0.5) is 0 Å². The first-order chi connectivity index (χ1) is 11.0. The third-order valence-corrected chi connectivity index (χ3v) is 4.14. The zero-order valence-corrected chi connectivity index (χ0v) is 13.2. The van der Waals surface area contributed by atoms with E-state index in [1.54, 1.807) is 29.9 Å². The van der Waals surface area contributed by atoms with E-state index in [0.717, 1.165) is 5.56 Å². The predicted octanol–water partition coefficient (Wildman–Crippen LogP) is 1.11. The third-order valence-electron chi connectivity index (χ3n) is 4.14. The number of aryl methyl sites for hydroxylation is 1. The highest BCUT2D eigenvalue weighted by molar-refractivity contribution is 5.79. The Hall–Kier alpha value is -2.12. The summed E-state index contributed by atoms with van der Waals surface area (Å²) in [7, 11) is 1.83. The Morgan fingerprint density at radius 3 is 3.09 bits per heavy atom. The number of nitrogens with zero attached hydrogens (tertiary/aromatic N) is 2. The van der Waals surface area contributed by atoms with Crippen LogP contribution in [-0.2, 0) is 22.2 Å². The van der Waals surface area contributed by atoms with Gasteiger partial charge in [0.1, 0.15) is 11.4 Å². The maximum absolute atomic E-state index is 12.5. The Morgan fingerprint density at radius 2 is 2.43 bits per heavy atom. The Morgan fingerprint density at radius 1 is 1.61 bits per heavy atom. The number of amides is 1. The number of hydrogen-bond donors (Lipinski definition) is 2. The molecule has 7 heteroatoms. The van der Waals surface area contributed by atoms with Gasteiger partial charge in [-0.05, 0) is 25.5 Å². The highest BCUT2D eigenvalue weighted by atomic mass is 16.5. The molecule has 2 aromatic heterocycles. The average molecular weight is 319 g/mol. The van der Waals surface area contributed by atoms with Gasteiger partial charge in [0.05, 0.1) is 31.0 Å². The van der Waals surface area contributed by atoms with Crippen LogP contribution in [0, 0.1) is 5.92 Å². The van der Waals surface area contributed by atoms with Gasteiger partial charge in [0.2, 0.25) is 5.91 Å². The topological polar surface area (TPSA) is 89.5 Å². The molecule has 0 radical (unpaired) electrons. The van der Waals surface area contributed by atoms with Gasteiger partial charge in [-0.2, -0.15) is 5.10 Å². The van der Waals surface area contributed by atoms with E-state index < -0.39 is 5.60 Å². The maximum atomic E-state index is 12.5. The molecule has 1 unspecified atom stereocenters. The highest BCUT2D eigenvalue weighted by Gasteiger charge is 2.37. The molecule has 3 rings (SSSR count). The van der Waals surface area contributed by atoms with Crippen molar-refractivity contribution in [3.63, 3.8) is 0 Å². The van der Waals surface area contributed by atoms with E-state index in [1.165, 1.54) is 6.26 Å². The van der Waals surface area contributed by atoms with Crippen LogP contribution in [0.25, 0.3) is 0 Å². The average Bonchev–Trinajstić information content (AvgIpc) is 3.24. The number of ether oxygens (including phenoxy) is 1. The van der Waals surface area contributed by atoms with Crippen LogP contribution in [-0.4, -0.2) is 33.9 Å². The summed E-state index contributed by atoms with van der Waals surface area (Å²) in [5, 5.41) is 17.3. The summed E-state index contributed by atoms with van der Waals surface area (Å²) < 4.78 is 12.6. The molecule has 0 aliphatic carbocycles. The maximum Gasteiger partial charge on any atom is 0.226 e. The van der Waals surface area contributed by atoms with Crippen molar-refractivity contribution in [1.82, 2.24) is 15.1 Å². The standard InChI is InChI=1S/C16H21N3O4/c1-16(21,13-4-3-6-22-13)10-17-15(20)12-5-7-23-14(12)11-8-18-19(2)9-11/h3-4,6,8-9,12,14,21H,5,7,10H2,1-2H3,(H,17,20)/t12-,14+,16?/m0/s1. The molecular weight excluding hydrogens is 298 g/mol. The van der Waals surface area contributed by atoms with Crippen LogP contribution < -0.4 is 5.32 Å². The number of aliphatic hydroxyl groups is 1. The molecule has 3 heterocycles. The molecule has 23 heavy (non-hydrogen) atoms. The van der Waals surface area contributed by atoms with Crippen LogP contribution in [0.5, 0.6) is 0 Å². The Balaban J connectivity index is 1.63. The molecular formula is C16H21N3O4. The normalized spacial score (nSPS) is 23.6. The van der Waals surface area contributed by atoms with Crippen molar-refractivity contribution in [2.45, 2.75) is 25.0 Å². The monoisotopic (exact) mass is 319 g/mol. The summed E-state index contributed by atoms with van der Waals surface area (Å²) >= 11 is 0. The molecule has 1 amide bonds.